The van der Waals surface area contributed by atoms with Crippen molar-refractivity contribution in [1.82, 2.24) is 15.6 Å². The molecule has 0 spiro atoms. The highest BCUT2D eigenvalue weighted by molar-refractivity contribution is 5.44. The van der Waals surface area contributed by atoms with Gasteiger partial charge in [0.25, 0.3) is 0 Å². The number of nitrogens with one attached hydrogen (secondary N) is 2. The number of nitrogen functional groups attached to an aromatic ring is 1. The van der Waals surface area contributed by atoms with Gasteiger partial charge in [-0.1, -0.05) is 30.7 Å². The molecule has 1 saturated carbocycles. The lowest BCUT2D eigenvalue weighted by Gasteiger charge is -2.26. The fraction of sp³-hybridized carbons (Fsp3) is 0.357. The van der Waals surface area contributed by atoms with E-state index in [0.717, 1.165) is 17.0 Å². The summed E-state index contributed by atoms with van der Waals surface area (Å²) in [6.45, 7) is 0. The number of benzene rings is 1. The maximum Gasteiger partial charge on any atom is 0.124 e. The van der Waals surface area contributed by atoms with E-state index in [1.165, 1.54) is 24.8 Å². The van der Waals surface area contributed by atoms with Crippen LogP contribution in [0.25, 0.3) is 0 Å². The van der Waals surface area contributed by atoms with Gasteiger partial charge in [0.1, 0.15) is 5.82 Å². The third kappa shape index (κ3) is 2.22. The van der Waals surface area contributed by atoms with Gasteiger partial charge in [-0.3, -0.25) is 10.9 Å². The molecule has 1 unspecified atom stereocenters. The second-order valence-corrected chi connectivity index (χ2v) is 5.13. The van der Waals surface area contributed by atoms with E-state index in [-0.39, 0.29) is 6.04 Å². The first-order chi connectivity index (χ1) is 9.29. The average molecular weight is 257 g/mol. The summed E-state index contributed by atoms with van der Waals surface area (Å²) < 4.78 is 0. The summed E-state index contributed by atoms with van der Waals surface area (Å²) in [6.07, 6.45) is 5.68. The molecular formula is C14H19N5. The Balaban J connectivity index is 1.85. The molecule has 1 aromatic carbocycles. The number of H-pyrrole nitrogens is 1. The molecule has 2 aromatic rings. The molecule has 5 nitrogen and oxygen atoms in total. The van der Waals surface area contributed by atoms with E-state index in [2.05, 4.69) is 39.9 Å². The summed E-state index contributed by atoms with van der Waals surface area (Å²) in [7, 11) is 0. The highest BCUT2D eigenvalue weighted by Gasteiger charge is 2.21. The summed E-state index contributed by atoms with van der Waals surface area (Å²) in [4.78, 5) is 0. The number of nitrogens with two attached hydrogens (primary N) is 2. The maximum absolute atomic E-state index is 5.85. The van der Waals surface area contributed by atoms with Gasteiger partial charge >= 0.3 is 0 Å². The van der Waals surface area contributed by atoms with Crippen molar-refractivity contribution in [3.8, 4) is 0 Å². The van der Waals surface area contributed by atoms with Gasteiger partial charge in [0.2, 0.25) is 0 Å². The van der Waals surface area contributed by atoms with Gasteiger partial charge in [0.15, 0.2) is 0 Å². The van der Waals surface area contributed by atoms with Crippen LogP contribution in [0.3, 0.4) is 0 Å². The summed E-state index contributed by atoms with van der Waals surface area (Å²) >= 11 is 0. The van der Waals surface area contributed by atoms with E-state index >= 15 is 0 Å². The summed E-state index contributed by atoms with van der Waals surface area (Å²) in [5, 5.41) is 6.67. The van der Waals surface area contributed by atoms with E-state index in [1.54, 1.807) is 6.20 Å². The molecule has 1 aliphatic carbocycles. The molecule has 1 heterocycles. The first-order valence-electron chi connectivity index (χ1n) is 6.64. The van der Waals surface area contributed by atoms with Crippen molar-refractivity contribution in [1.29, 1.82) is 0 Å². The van der Waals surface area contributed by atoms with Crippen LogP contribution in [0.4, 0.5) is 5.82 Å². The quantitative estimate of drug-likeness (QED) is 0.496. The Morgan fingerprint density at radius 1 is 1.26 bits per heavy atom. The van der Waals surface area contributed by atoms with Crippen LogP contribution in [0.15, 0.2) is 30.5 Å². The van der Waals surface area contributed by atoms with Crippen LogP contribution in [0.2, 0.25) is 0 Å². The first kappa shape index (κ1) is 12.2. The number of nitrogens with zero attached hydrogens (tertiary/aromatic N) is 1. The molecule has 0 radical (unpaired) electrons. The van der Waals surface area contributed by atoms with Crippen LogP contribution < -0.4 is 17.0 Å². The van der Waals surface area contributed by atoms with Gasteiger partial charge in [-0.15, -0.1) is 0 Å². The van der Waals surface area contributed by atoms with Crippen LogP contribution in [0.5, 0.6) is 0 Å². The van der Waals surface area contributed by atoms with Crippen molar-refractivity contribution in [3.05, 3.63) is 47.2 Å². The molecule has 6 N–H and O–H groups in total. The minimum Gasteiger partial charge on any atom is -0.384 e. The van der Waals surface area contributed by atoms with Gasteiger partial charge in [0, 0.05) is 5.56 Å². The number of aromatic amines is 1. The molecule has 100 valence electrons. The summed E-state index contributed by atoms with van der Waals surface area (Å²) in [5.74, 6) is 6.95. The van der Waals surface area contributed by atoms with Crippen LogP contribution in [0.1, 0.15) is 47.9 Å². The number of hydrazine groups is 1. The summed E-state index contributed by atoms with van der Waals surface area (Å²) in [6, 6.07) is 8.49. The molecule has 1 aromatic heterocycles. The van der Waals surface area contributed by atoms with Gasteiger partial charge < -0.3 is 5.73 Å². The fourth-order valence-electron chi connectivity index (χ4n) is 2.60. The zero-order valence-electron chi connectivity index (χ0n) is 10.8. The largest absolute Gasteiger partial charge is 0.384 e. The molecular weight excluding hydrogens is 238 g/mol. The van der Waals surface area contributed by atoms with Crippen molar-refractivity contribution in [3.63, 3.8) is 0 Å². The van der Waals surface area contributed by atoms with Crippen LogP contribution >= 0.6 is 0 Å². The van der Waals surface area contributed by atoms with Gasteiger partial charge in [-0.25, -0.2) is 5.43 Å². The number of rotatable bonds is 4. The first-order valence-corrected chi connectivity index (χ1v) is 6.64. The van der Waals surface area contributed by atoms with Crippen molar-refractivity contribution in [2.24, 2.45) is 5.84 Å². The fourth-order valence-corrected chi connectivity index (χ4v) is 2.60. The van der Waals surface area contributed by atoms with Gasteiger partial charge in [-0.05, 0) is 29.9 Å². The molecule has 0 saturated heterocycles. The van der Waals surface area contributed by atoms with Crippen molar-refractivity contribution in [2.75, 3.05) is 5.73 Å². The van der Waals surface area contributed by atoms with Crippen molar-refractivity contribution >= 4 is 5.82 Å². The topological polar surface area (TPSA) is 92.7 Å². The van der Waals surface area contributed by atoms with Crippen LogP contribution in [0, 0.1) is 0 Å². The van der Waals surface area contributed by atoms with Crippen LogP contribution in [-0.2, 0) is 0 Å². The molecule has 1 aliphatic rings. The van der Waals surface area contributed by atoms with E-state index in [0.29, 0.717) is 5.82 Å². The highest BCUT2D eigenvalue weighted by Crippen LogP contribution is 2.36. The van der Waals surface area contributed by atoms with E-state index in [1.807, 2.05) is 0 Å². The maximum atomic E-state index is 5.85. The Morgan fingerprint density at radius 3 is 2.47 bits per heavy atom. The third-order valence-electron chi connectivity index (χ3n) is 4.02. The van der Waals surface area contributed by atoms with E-state index < -0.39 is 0 Å². The lowest BCUT2D eigenvalue weighted by molar-refractivity contribution is 0.419. The lowest BCUT2D eigenvalue weighted by atomic mass is 9.80. The average Bonchev–Trinajstić information content (AvgIpc) is 2.77. The predicted molar refractivity (Wildman–Crippen MR) is 75.2 cm³/mol. The molecule has 19 heavy (non-hydrogen) atoms. The molecule has 5 heteroatoms. The third-order valence-corrected chi connectivity index (χ3v) is 4.02. The number of aromatic nitrogens is 2. The van der Waals surface area contributed by atoms with Crippen LogP contribution in [-0.4, -0.2) is 10.2 Å². The minimum atomic E-state index is -0.130. The molecule has 0 aliphatic heterocycles. The van der Waals surface area contributed by atoms with E-state index in [4.69, 9.17) is 11.6 Å². The normalized spacial score (nSPS) is 17.1. The van der Waals surface area contributed by atoms with Gasteiger partial charge in [-0.2, -0.15) is 5.10 Å². The zero-order chi connectivity index (χ0) is 13.2. The van der Waals surface area contributed by atoms with Crippen molar-refractivity contribution in [2.45, 2.75) is 31.2 Å². The predicted octanol–water partition coefficient (Wildman–Crippen LogP) is 1.81. The number of hydrogen-bond acceptors (Lipinski definition) is 4. The lowest BCUT2D eigenvalue weighted by Crippen LogP contribution is -2.29. The molecule has 3 rings (SSSR count). The Labute approximate surface area is 112 Å². The smallest absolute Gasteiger partial charge is 0.124 e. The number of anilines is 1. The second kappa shape index (κ2) is 5.03. The molecule has 0 amide bonds. The minimum absolute atomic E-state index is 0.130. The Morgan fingerprint density at radius 2 is 2.00 bits per heavy atom. The monoisotopic (exact) mass is 257 g/mol. The Kier molecular flexibility index (Phi) is 3.23. The Hall–Kier alpha value is -1.85. The van der Waals surface area contributed by atoms with Gasteiger partial charge in [0.05, 0.1) is 12.2 Å². The standard InChI is InChI=1S/C14H19N5/c15-14-12(8-17-19-14)13(18-16)11-6-4-10(5-7-11)9-2-1-3-9/h4-9,13,18H,1-3,16H2,(H3,15,17,19). The second-order valence-electron chi connectivity index (χ2n) is 5.13. The number of hydrogen-bond donors (Lipinski definition) is 4. The van der Waals surface area contributed by atoms with Crippen molar-refractivity contribution < 1.29 is 0 Å². The molecule has 1 atom stereocenters. The SMILES string of the molecule is NNC(c1ccc(C2CCC2)cc1)c1cn[nH]c1N. The summed E-state index contributed by atoms with van der Waals surface area (Å²) in [5.41, 5.74) is 12.0. The molecule has 0 bridgehead atoms. The van der Waals surface area contributed by atoms with E-state index in [9.17, 15) is 0 Å². The molecule has 1 fully saturated rings. The Bertz CT molecular complexity index is 541. The zero-order valence-corrected chi connectivity index (χ0v) is 10.8. The highest BCUT2D eigenvalue weighted by atomic mass is 15.2.